The first-order valence-electron chi connectivity index (χ1n) is 14.5. The highest BCUT2D eigenvalue weighted by molar-refractivity contribution is 6.34. The molecule has 3 N–H and O–H groups in total. The average Bonchev–Trinajstić information content (AvgIpc) is 3.77. The number of imidazole rings is 1. The van der Waals surface area contributed by atoms with Gasteiger partial charge in [-0.05, 0) is 49.7 Å². The summed E-state index contributed by atoms with van der Waals surface area (Å²) < 4.78 is 36.0. The van der Waals surface area contributed by atoms with Gasteiger partial charge >= 0.3 is 0 Å². The van der Waals surface area contributed by atoms with Gasteiger partial charge in [-0.3, -0.25) is 18.8 Å². The summed E-state index contributed by atoms with van der Waals surface area (Å²) in [4.78, 5) is 46.5. The lowest BCUT2D eigenvalue weighted by Gasteiger charge is -2.36. The normalized spacial score (nSPS) is 15.8. The number of piperazine rings is 1. The van der Waals surface area contributed by atoms with E-state index in [1.54, 1.807) is 44.7 Å². The highest BCUT2D eigenvalue weighted by Gasteiger charge is 2.31. The van der Waals surface area contributed by atoms with Gasteiger partial charge in [-0.2, -0.15) is 9.65 Å². The average molecular weight is 667 g/mol. The molecule has 2 aliphatic rings. The van der Waals surface area contributed by atoms with Crippen LogP contribution < -0.4 is 15.4 Å². The number of rotatable bonds is 7. The Bertz CT molecular complexity index is 1830. The van der Waals surface area contributed by atoms with Gasteiger partial charge in [-0.15, -0.1) is 0 Å². The summed E-state index contributed by atoms with van der Waals surface area (Å²) in [6.07, 6.45) is 6.26. The number of carbonyl (C=O) groups is 3. The molecular weight excluding hydrogens is 638 g/mol. The molecule has 0 spiro atoms. The number of halogens is 3. The van der Waals surface area contributed by atoms with Crippen LogP contribution in [0.15, 0.2) is 48.9 Å². The Hall–Kier alpha value is -5.33. The standard InChI is InChI=1S/C30H27ClF2N8O3.CH2O2/c31-21-16-18(3-4-19(21)29(42)39-11-13-40(14-12-39)30(43)22-2-1-8-35-22)38-27-28-37-17-23(41(28)10-9-36-27)20-5-6-24(44-15-7-34)26(33)25(20)32;2-1-3/h3-6,9-10,16-17,22,35H,1-2,8,11-15H2,(H,36,38);1H,(H,2,3)/t22-;/m0./s1. The second kappa shape index (κ2) is 14.8. The van der Waals surface area contributed by atoms with Gasteiger partial charge in [0.1, 0.15) is 6.07 Å². The predicted octanol–water partition coefficient (Wildman–Crippen LogP) is 3.71. The molecule has 2 aliphatic heterocycles. The number of benzene rings is 2. The number of anilines is 2. The van der Waals surface area contributed by atoms with E-state index in [2.05, 4.69) is 20.6 Å². The highest BCUT2D eigenvalue weighted by atomic mass is 35.5. The molecule has 1 atom stereocenters. The summed E-state index contributed by atoms with van der Waals surface area (Å²) in [5.74, 6) is -2.52. The number of nitrogens with one attached hydrogen (secondary N) is 2. The van der Waals surface area contributed by atoms with E-state index in [0.29, 0.717) is 48.9 Å². The lowest BCUT2D eigenvalue weighted by Crippen LogP contribution is -2.54. The number of carboxylic acid groups (broad SMARTS) is 1. The summed E-state index contributed by atoms with van der Waals surface area (Å²) >= 11 is 6.55. The van der Waals surface area contributed by atoms with Gasteiger partial charge in [0.2, 0.25) is 11.7 Å². The summed E-state index contributed by atoms with van der Waals surface area (Å²) in [5.41, 5.74) is 1.43. The summed E-state index contributed by atoms with van der Waals surface area (Å²) in [5, 5.41) is 22.1. The second-order valence-corrected chi connectivity index (χ2v) is 10.9. The molecular formula is C31H29ClF2N8O5. The molecule has 2 fully saturated rings. The molecule has 2 amide bonds. The molecule has 244 valence electrons. The largest absolute Gasteiger partial charge is 0.483 e. The van der Waals surface area contributed by atoms with Gasteiger partial charge in [-0.25, -0.2) is 14.4 Å². The Morgan fingerprint density at radius 2 is 1.89 bits per heavy atom. The van der Waals surface area contributed by atoms with Crippen molar-refractivity contribution >= 4 is 47.0 Å². The topological polar surface area (TPSA) is 165 Å². The minimum absolute atomic E-state index is 0.0530. The predicted molar refractivity (Wildman–Crippen MR) is 166 cm³/mol. The molecule has 47 heavy (non-hydrogen) atoms. The van der Waals surface area contributed by atoms with Gasteiger partial charge in [0.05, 0.1) is 28.5 Å². The van der Waals surface area contributed by atoms with Gasteiger partial charge < -0.3 is 30.3 Å². The molecule has 0 radical (unpaired) electrons. The van der Waals surface area contributed by atoms with Gasteiger partial charge in [0.25, 0.3) is 12.4 Å². The van der Waals surface area contributed by atoms with Gasteiger partial charge in [0.15, 0.2) is 29.6 Å². The first kappa shape index (κ1) is 33.0. The fraction of sp³-hybridized carbons (Fsp3) is 0.290. The van der Waals surface area contributed by atoms with Crippen LogP contribution >= 0.6 is 11.6 Å². The third-order valence-corrected chi connectivity index (χ3v) is 8.05. The van der Waals surface area contributed by atoms with Crippen molar-refractivity contribution in [1.29, 1.82) is 5.26 Å². The van der Waals surface area contributed by atoms with Crippen molar-refractivity contribution in [3.63, 3.8) is 0 Å². The van der Waals surface area contributed by atoms with E-state index >= 15 is 0 Å². The van der Waals surface area contributed by atoms with Crippen LogP contribution in [0.25, 0.3) is 16.9 Å². The number of fused-ring (bicyclic) bond motifs is 1. The SMILES string of the molecule is N#CCOc1ccc(-c2cnc3c(Nc4ccc(C(=O)N5CCN(C(=O)[C@@H]6CCCN6)CC5)c(Cl)c4)nccn23)c(F)c1F.O=CO. The van der Waals surface area contributed by atoms with Crippen LogP contribution in [0.3, 0.4) is 0 Å². The van der Waals surface area contributed by atoms with Gasteiger partial charge in [0, 0.05) is 49.8 Å². The second-order valence-electron chi connectivity index (χ2n) is 10.5. The molecule has 2 aromatic carbocycles. The first-order valence-corrected chi connectivity index (χ1v) is 14.9. The molecule has 2 saturated heterocycles. The van der Waals surface area contributed by atoms with Crippen molar-refractivity contribution in [1.82, 2.24) is 29.5 Å². The van der Waals surface area contributed by atoms with E-state index in [0.717, 1.165) is 19.4 Å². The lowest BCUT2D eigenvalue weighted by molar-refractivity contribution is -0.134. The minimum Gasteiger partial charge on any atom is -0.483 e. The number of aromatic nitrogens is 3. The molecule has 16 heteroatoms. The zero-order valence-corrected chi connectivity index (χ0v) is 25.6. The van der Waals surface area contributed by atoms with Crippen molar-refractivity contribution in [2.24, 2.45) is 0 Å². The molecule has 6 rings (SSSR count). The number of hydrogen-bond donors (Lipinski definition) is 3. The highest BCUT2D eigenvalue weighted by Crippen LogP contribution is 2.32. The smallest absolute Gasteiger partial charge is 0.290 e. The Morgan fingerprint density at radius 3 is 2.57 bits per heavy atom. The fourth-order valence-corrected chi connectivity index (χ4v) is 5.74. The fourth-order valence-electron chi connectivity index (χ4n) is 5.48. The molecule has 0 bridgehead atoms. The number of hydrogen-bond acceptors (Lipinski definition) is 9. The zero-order chi connectivity index (χ0) is 33.5. The molecule has 0 saturated carbocycles. The molecule has 0 aliphatic carbocycles. The molecule has 2 aromatic heterocycles. The maximum atomic E-state index is 15.0. The first-order chi connectivity index (χ1) is 22.8. The number of nitrogens with zero attached hydrogens (tertiary/aromatic N) is 6. The number of ether oxygens (including phenoxy) is 1. The summed E-state index contributed by atoms with van der Waals surface area (Å²) in [6.45, 7) is 1.96. The van der Waals surface area contributed by atoms with E-state index in [4.69, 9.17) is 31.5 Å². The van der Waals surface area contributed by atoms with Crippen molar-refractivity contribution in [2.75, 3.05) is 44.6 Å². The summed E-state index contributed by atoms with van der Waals surface area (Å²) in [7, 11) is 0. The van der Waals surface area contributed by atoms with Crippen molar-refractivity contribution < 1.29 is 33.0 Å². The van der Waals surface area contributed by atoms with Crippen LogP contribution in [-0.2, 0) is 9.59 Å². The molecule has 0 unspecified atom stereocenters. The van der Waals surface area contributed by atoms with Crippen LogP contribution in [0, 0.1) is 23.0 Å². The van der Waals surface area contributed by atoms with Crippen LogP contribution in [0.1, 0.15) is 23.2 Å². The zero-order valence-electron chi connectivity index (χ0n) is 24.8. The van der Waals surface area contributed by atoms with E-state index in [-0.39, 0.29) is 46.4 Å². The van der Waals surface area contributed by atoms with Crippen LogP contribution in [0.4, 0.5) is 20.3 Å². The van der Waals surface area contributed by atoms with E-state index in [1.165, 1.54) is 24.5 Å². The van der Waals surface area contributed by atoms with Crippen molar-refractivity contribution in [2.45, 2.75) is 18.9 Å². The lowest BCUT2D eigenvalue weighted by atomic mass is 10.1. The maximum absolute atomic E-state index is 15.0. The van der Waals surface area contributed by atoms with Crippen LogP contribution in [0.2, 0.25) is 5.02 Å². The monoisotopic (exact) mass is 666 g/mol. The van der Waals surface area contributed by atoms with Crippen molar-refractivity contribution in [3.8, 4) is 23.1 Å². The molecule has 4 heterocycles. The van der Waals surface area contributed by atoms with Crippen LogP contribution in [0.5, 0.6) is 5.75 Å². The number of carbonyl (C=O) groups excluding carboxylic acids is 2. The van der Waals surface area contributed by atoms with E-state index in [9.17, 15) is 18.4 Å². The third kappa shape index (κ3) is 7.08. The minimum atomic E-state index is -1.21. The number of amides is 2. The van der Waals surface area contributed by atoms with E-state index in [1.807, 2.05) is 0 Å². The Balaban J connectivity index is 0.00000139. The van der Waals surface area contributed by atoms with Crippen molar-refractivity contribution in [3.05, 3.63) is 71.1 Å². The Morgan fingerprint density at radius 1 is 1.15 bits per heavy atom. The molecule has 13 nitrogen and oxygen atoms in total. The van der Waals surface area contributed by atoms with Gasteiger partial charge in [-0.1, -0.05) is 11.6 Å². The van der Waals surface area contributed by atoms with Crippen LogP contribution in [-0.4, -0.2) is 92.9 Å². The Labute approximate surface area is 272 Å². The maximum Gasteiger partial charge on any atom is 0.290 e. The quantitative estimate of drug-likeness (QED) is 0.248. The molecule has 4 aromatic rings. The Kier molecular flexibility index (Phi) is 10.4. The summed E-state index contributed by atoms with van der Waals surface area (Å²) in [6, 6.07) is 9.10. The third-order valence-electron chi connectivity index (χ3n) is 7.74. The number of nitriles is 1. The van der Waals surface area contributed by atoms with E-state index < -0.39 is 18.2 Å².